The third-order valence-corrected chi connectivity index (χ3v) is 4.02. The number of alkyl halides is 3. The van der Waals surface area contributed by atoms with Crippen LogP contribution < -0.4 is 16.0 Å². The number of benzene rings is 1. The predicted octanol–water partition coefficient (Wildman–Crippen LogP) is 3.39. The number of nitrogens with one attached hydrogen (secondary N) is 3. The molecule has 11 heteroatoms. The first kappa shape index (κ1) is 22.1. The van der Waals surface area contributed by atoms with Gasteiger partial charge in [-0.25, -0.2) is 0 Å². The quantitative estimate of drug-likeness (QED) is 0.269. The van der Waals surface area contributed by atoms with Crippen LogP contribution in [0.25, 0.3) is 0 Å². The van der Waals surface area contributed by atoms with E-state index in [0.717, 1.165) is 0 Å². The van der Waals surface area contributed by atoms with Crippen molar-refractivity contribution in [3.63, 3.8) is 0 Å². The summed E-state index contributed by atoms with van der Waals surface area (Å²) in [5.41, 5.74) is 0.543. The van der Waals surface area contributed by atoms with Crippen LogP contribution in [0.4, 0.5) is 5.69 Å². The second kappa shape index (κ2) is 10.2. The Morgan fingerprint density at radius 1 is 1.20 bits per heavy atom. The SMILES string of the molecule is COC(=O)CCC(=O)NC(NC(=S)Nc1ccccc1Cl)C(Cl)(Cl)Cl. The first-order valence-corrected chi connectivity index (χ1v) is 8.80. The standard InChI is InChI=1S/C14H15Cl4N3O3S/c1-24-11(23)7-6-10(22)20-12(14(16,17)18)21-13(25)19-9-5-3-2-4-8(9)15/h2-5,12H,6-7H2,1H3,(H,20,22)(H2,19,21,25). The number of carbonyl (C=O) groups is 2. The highest BCUT2D eigenvalue weighted by molar-refractivity contribution is 7.80. The maximum atomic E-state index is 11.9. The lowest BCUT2D eigenvalue weighted by molar-refractivity contribution is -0.142. The van der Waals surface area contributed by atoms with Gasteiger partial charge >= 0.3 is 5.97 Å². The second-order valence-electron chi connectivity index (χ2n) is 4.70. The number of amides is 1. The summed E-state index contributed by atoms with van der Waals surface area (Å²) in [5.74, 6) is -1.04. The smallest absolute Gasteiger partial charge is 0.306 e. The lowest BCUT2D eigenvalue weighted by Crippen LogP contribution is -2.56. The van der Waals surface area contributed by atoms with Crippen molar-refractivity contribution in [3.05, 3.63) is 29.3 Å². The molecule has 0 saturated carbocycles. The molecule has 0 aliphatic carbocycles. The van der Waals surface area contributed by atoms with Gasteiger partial charge in [-0.1, -0.05) is 58.5 Å². The zero-order valence-electron chi connectivity index (χ0n) is 12.9. The van der Waals surface area contributed by atoms with E-state index in [2.05, 4.69) is 20.7 Å². The summed E-state index contributed by atoms with van der Waals surface area (Å²) in [4.78, 5) is 23.0. The number of hydrogen-bond donors (Lipinski definition) is 3. The Morgan fingerprint density at radius 2 is 1.84 bits per heavy atom. The van der Waals surface area contributed by atoms with E-state index in [4.69, 9.17) is 58.6 Å². The zero-order chi connectivity index (χ0) is 19.0. The molecule has 1 aromatic rings. The van der Waals surface area contributed by atoms with Gasteiger partial charge in [0, 0.05) is 6.42 Å². The van der Waals surface area contributed by atoms with Crippen molar-refractivity contribution in [1.82, 2.24) is 10.6 Å². The molecule has 0 aliphatic heterocycles. The molecular formula is C14H15Cl4N3O3S. The first-order valence-electron chi connectivity index (χ1n) is 6.88. The van der Waals surface area contributed by atoms with E-state index < -0.39 is 21.8 Å². The molecule has 1 amide bonds. The fraction of sp³-hybridized carbons (Fsp3) is 0.357. The fourth-order valence-electron chi connectivity index (χ4n) is 1.60. The number of hydrogen-bond acceptors (Lipinski definition) is 4. The molecule has 1 unspecified atom stereocenters. The van der Waals surface area contributed by atoms with E-state index in [1.54, 1.807) is 24.3 Å². The van der Waals surface area contributed by atoms with E-state index in [0.29, 0.717) is 10.7 Å². The van der Waals surface area contributed by atoms with Crippen molar-refractivity contribution in [3.8, 4) is 0 Å². The highest BCUT2D eigenvalue weighted by atomic mass is 35.6. The molecule has 0 fully saturated rings. The van der Waals surface area contributed by atoms with Gasteiger partial charge in [0.05, 0.1) is 24.2 Å². The monoisotopic (exact) mass is 445 g/mol. The summed E-state index contributed by atoms with van der Waals surface area (Å²) in [5, 5.41) is 8.49. The Hall–Kier alpha value is -0.990. The fourth-order valence-corrected chi connectivity index (χ4v) is 2.34. The molecule has 0 heterocycles. The molecule has 0 radical (unpaired) electrons. The summed E-state index contributed by atoms with van der Waals surface area (Å²) in [7, 11) is 1.23. The molecule has 0 bridgehead atoms. The number of thiocarbonyl (C=S) groups is 1. The van der Waals surface area contributed by atoms with E-state index in [1.807, 2.05) is 0 Å². The Labute approximate surface area is 170 Å². The highest BCUT2D eigenvalue weighted by Crippen LogP contribution is 2.29. The van der Waals surface area contributed by atoms with Crippen molar-refractivity contribution in [2.75, 3.05) is 12.4 Å². The average Bonchev–Trinajstić information content (AvgIpc) is 2.53. The minimum Gasteiger partial charge on any atom is -0.469 e. The maximum Gasteiger partial charge on any atom is 0.306 e. The predicted molar refractivity (Wildman–Crippen MR) is 104 cm³/mol. The number of halogens is 4. The first-order chi connectivity index (χ1) is 11.6. The van der Waals surface area contributed by atoms with E-state index in [9.17, 15) is 9.59 Å². The molecule has 0 aromatic heterocycles. The third kappa shape index (κ3) is 8.29. The van der Waals surface area contributed by atoms with Crippen LogP contribution in [-0.2, 0) is 14.3 Å². The van der Waals surface area contributed by atoms with Crippen LogP contribution in [0, 0.1) is 0 Å². The highest BCUT2D eigenvalue weighted by Gasteiger charge is 2.34. The number of rotatable bonds is 6. The number of methoxy groups -OCH3 is 1. The maximum absolute atomic E-state index is 11.9. The molecule has 138 valence electrons. The van der Waals surface area contributed by atoms with Gasteiger partial charge in [-0.15, -0.1) is 0 Å². The molecule has 0 spiro atoms. The van der Waals surface area contributed by atoms with Crippen LogP contribution in [0.2, 0.25) is 5.02 Å². The van der Waals surface area contributed by atoms with Crippen LogP contribution in [0.15, 0.2) is 24.3 Å². The zero-order valence-corrected chi connectivity index (χ0v) is 16.8. The minimum absolute atomic E-state index is 0.0812. The van der Waals surface area contributed by atoms with Crippen molar-refractivity contribution < 1.29 is 14.3 Å². The average molecular weight is 447 g/mol. The topological polar surface area (TPSA) is 79.5 Å². The Bertz CT molecular complexity index is 640. The number of ether oxygens (including phenoxy) is 1. The number of para-hydroxylation sites is 1. The van der Waals surface area contributed by atoms with Crippen molar-refractivity contribution >= 4 is 81.3 Å². The number of esters is 1. The molecule has 1 rings (SSSR count). The molecule has 25 heavy (non-hydrogen) atoms. The number of anilines is 1. The molecule has 3 N–H and O–H groups in total. The van der Waals surface area contributed by atoms with E-state index >= 15 is 0 Å². The van der Waals surface area contributed by atoms with Gasteiger partial charge in [-0.2, -0.15) is 0 Å². The molecule has 6 nitrogen and oxygen atoms in total. The van der Waals surface area contributed by atoms with Gasteiger partial charge in [0.25, 0.3) is 0 Å². The van der Waals surface area contributed by atoms with Crippen LogP contribution in [0.5, 0.6) is 0 Å². The van der Waals surface area contributed by atoms with Crippen LogP contribution in [0.3, 0.4) is 0 Å². The second-order valence-corrected chi connectivity index (χ2v) is 7.88. The van der Waals surface area contributed by atoms with Gasteiger partial charge in [0.2, 0.25) is 9.70 Å². The minimum atomic E-state index is -1.90. The van der Waals surface area contributed by atoms with Crippen LogP contribution in [0.1, 0.15) is 12.8 Å². The van der Waals surface area contributed by atoms with E-state index in [-0.39, 0.29) is 18.0 Å². The van der Waals surface area contributed by atoms with E-state index in [1.165, 1.54) is 7.11 Å². The van der Waals surface area contributed by atoms with Crippen molar-refractivity contribution in [2.45, 2.75) is 22.8 Å². The Balaban J connectivity index is 2.67. The van der Waals surface area contributed by atoms with Crippen molar-refractivity contribution in [1.29, 1.82) is 0 Å². The summed E-state index contributed by atoms with van der Waals surface area (Å²) in [6.07, 6.45) is -1.36. The molecule has 1 atom stereocenters. The van der Waals surface area contributed by atoms with Crippen LogP contribution >= 0.6 is 58.6 Å². The Kier molecular flexibility index (Phi) is 9.02. The molecule has 0 saturated heterocycles. The Morgan fingerprint density at radius 3 is 2.40 bits per heavy atom. The van der Waals surface area contributed by atoms with Crippen LogP contribution in [-0.4, -0.2) is 34.1 Å². The molecule has 0 aliphatic rings. The third-order valence-electron chi connectivity index (χ3n) is 2.81. The van der Waals surface area contributed by atoms with Gasteiger partial charge in [-0.3, -0.25) is 9.59 Å². The van der Waals surface area contributed by atoms with Gasteiger partial charge in [0.15, 0.2) is 5.11 Å². The summed E-state index contributed by atoms with van der Waals surface area (Å²) < 4.78 is 2.56. The van der Waals surface area contributed by atoms with Crippen molar-refractivity contribution in [2.24, 2.45) is 0 Å². The number of carbonyl (C=O) groups excluding carboxylic acids is 2. The normalized spacial score (nSPS) is 12.0. The molecule has 1 aromatic carbocycles. The lowest BCUT2D eigenvalue weighted by Gasteiger charge is -2.27. The summed E-state index contributed by atoms with van der Waals surface area (Å²) >= 11 is 28.7. The lowest BCUT2D eigenvalue weighted by atomic mass is 10.3. The molecular weight excluding hydrogens is 432 g/mol. The summed E-state index contributed by atoms with van der Waals surface area (Å²) in [6, 6.07) is 6.90. The largest absolute Gasteiger partial charge is 0.469 e. The van der Waals surface area contributed by atoms with Gasteiger partial charge in [-0.05, 0) is 24.4 Å². The van der Waals surface area contributed by atoms with Gasteiger partial charge in [0.1, 0.15) is 6.17 Å². The summed E-state index contributed by atoms with van der Waals surface area (Å²) in [6.45, 7) is 0. The van der Waals surface area contributed by atoms with Gasteiger partial charge < -0.3 is 20.7 Å².